The molecule has 1 heterocycles. The summed E-state index contributed by atoms with van der Waals surface area (Å²) in [6.45, 7) is 3.59. The number of carbonyl (C=O) groups is 1. The topological polar surface area (TPSA) is 92.9 Å². The molecule has 1 aliphatic rings. The van der Waals surface area contributed by atoms with Crippen molar-refractivity contribution in [2.24, 2.45) is 0 Å². The first-order valence-corrected chi connectivity index (χ1v) is 6.53. The molecule has 21 heavy (non-hydrogen) atoms. The monoisotopic (exact) mass is 292 g/mol. The lowest BCUT2D eigenvalue weighted by Gasteiger charge is -2.34. The van der Waals surface area contributed by atoms with Crippen molar-refractivity contribution >= 4 is 23.4 Å². The number of nitro groups is 1. The molecule has 0 amide bonds. The Hall–Kier alpha value is -2.41. The largest absolute Gasteiger partial charge is 0.478 e. The molecule has 0 bridgehead atoms. The van der Waals surface area contributed by atoms with Gasteiger partial charge in [-0.1, -0.05) is 6.07 Å². The van der Waals surface area contributed by atoms with Crippen molar-refractivity contribution in [2.45, 2.75) is 13.0 Å². The Morgan fingerprint density at radius 1 is 1.57 bits per heavy atom. The zero-order valence-corrected chi connectivity index (χ0v) is 11.6. The number of nitrogens with zero attached hydrogens (tertiary/aromatic N) is 2. The summed E-state index contributed by atoms with van der Waals surface area (Å²) in [5.74, 6) is -1.09. The minimum absolute atomic E-state index is 0.0312. The Morgan fingerprint density at radius 3 is 2.95 bits per heavy atom. The Kier molecular flexibility index (Phi) is 4.54. The molecule has 112 valence electrons. The number of hydrogen-bond donors (Lipinski definition) is 1. The number of morpholine rings is 1. The number of carboxylic acid groups (broad SMARTS) is 1. The molecule has 0 aromatic heterocycles. The van der Waals surface area contributed by atoms with Gasteiger partial charge in [-0.25, -0.2) is 4.79 Å². The highest BCUT2D eigenvalue weighted by Gasteiger charge is 2.25. The van der Waals surface area contributed by atoms with E-state index in [4.69, 9.17) is 9.84 Å². The van der Waals surface area contributed by atoms with Crippen molar-refractivity contribution in [1.29, 1.82) is 0 Å². The number of nitro benzene ring substituents is 1. The van der Waals surface area contributed by atoms with E-state index in [1.807, 2.05) is 11.8 Å². The Labute approximate surface area is 121 Å². The van der Waals surface area contributed by atoms with Gasteiger partial charge >= 0.3 is 5.97 Å². The molecule has 1 saturated heterocycles. The SMILES string of the molecule is CC1COCCN1c1ccc(/C=C/C(=O)O)cc1[N+](=O)[O-]. The molecule has 2 rings (SSSR count). The number of benzene rings is 1. The van der Waals surface area contributed by atoms with E-state index in [2.05, 4.69) is 0 Å². The number of rotatable bonds is 4. The molecular formula is C14H16N2O5. The first-order chi connectivity index (χ1) is 9.99. The lowest BCUT2D eigenvalue weighted by Crippen LogP contribution is -2.43. The summed E-state index contributed by atoms with van der Waals surface area (Å²) in [4.78, 5) is 23.3. The van der Waals surface area contributed by atoms with Crippen molar-refractivity contribution in [3.63, 3.8) is 0 Å². The van der Waals surface area contributed by atoms with E-state index in [0.717, 1.165) is 6.08 Å². The van der Waals surface area contributed by atoms with E-state index in [1.165, 1.54) is 12.1 Å². The highest BCUT2D eigenvalue weighted by atomic mass is 16.6. The number of aliphatic carboxylic acids is 1. The summed E-state index contributed by atoms with van der Waals surface area (Å²) in [7, 11) is 0. The maximum Gasteiger partial charge on any atom is 0.328 e. The summed E-state index contributed by atoms with van der Waals surface area (Å²) >= 11 is 0. The van der Waals surface area contributed by atoms with Crippen molar-refractivity contribution < 1.29 is 19.6 Å². The molecule has 0 aliphatic carbocycles. The molecule has 1 aromatic carbocycles. The Morgan fingerprint density at radius 2 is 2.33 bits per heavy atom. The molecule has 1 unspecified atom stereocenters. The van der Waals surface area contributed by atoms with Crippen LogP contribution in [-0.4, -0.2) is 41.8 Å². The van der Waals surface area contributed by atoms with Gasteiger partial charge in [-0.15, -0.1) is 0 Å². The van der Waals surface area contributed by atoms with Crippen LogP contribution in [-0.2, 0) is 9.53 Å². The summed E-state index contributed by atoms with van der Waals surface area (Å²) in [6, 6.07) is 4.76. The van der Waals surface area contributed by atoms with Gasteiger partial charge in [-0.3, -0.25) is 10.1 Å². The average molecular weight is 292 g/mol. The summed E-state index contributed by atoms with van der Waals surface area (Å²) in [6.07, 6.45) is 2.29. The molecule has 1 atom stereocenters. The summed E-state index contributed by atoms with van der Waals surface area (Å²) < 4.78 is 5.33. The van der Waals surface area contributed by atoms with E-state index < -0.39 is 10.9 Å². The molecule has 7 heteroatoms. The van der Waals surface area contributed by atoms with E-state index in [9.17, 15) is 14.9 Å². The fraction of sp³-hybridized carbons (Fsp3) is 0.357. The third kappa shape index (κ3) is 3.57. The molecule has 7 nitrogen and oxygen atoms in total. The fourth-order valence-electron chi connectivity index (χ4n) is 2.29. The zero-order valence-electron chi connectivity index (χ0n) is 11.6. The predicted octanol–water partition coefficient (Wildman–Crippen LogP) is 1.92. The van der Waals surface area contributed by atoms with E-state index >= 15 is 0 Å². The zero-order chi connectivity index (χ0) is 15.4. The normalized spacial score (nSPS) is 18.9. The third-order valence-corrected chi connectivity index (χ3v) is 3.29. The second-order valence-electron chi connectivity index (χ2n) is 4.79. The van der Waals surface area contributed by atoms with E-state index in [1.54, 1.807) is 12.1 Å². The van der Waals surface area contributed by atoms with Crippen LogP contribution >= 0.6 is 0 Å². The number of anilines is 1. The van der Waals surface area contributed by atoms with Crippen LogP contribution in [0.5, 0.6) is 0 Å². The maximum atomic E-state index is 11.3. The van der Waals surface area contributed by atoms with E-state index in [0.29, 0.717) is 31.0 Å². The van der Waals surface area contributed by atoms with Crippen molar-refractivity contribution in [3.05, 3.63) is 40.0 Å². The first kappa shape index (κ1) is 15.0. The summed E-state index contributed by atoms with van der Waals surface area (Å²) in [5, 5.41) is 19.9. The predicted molar refractivity (Wildman–Crippen MR) is 77.4 cm³/mol. The van der Waals surface area contributed by atoms with Gasteiger partial charge in [0.2, 0.25) is 0 Å². The molecule has 1 fully saturated rings. The lowest BCUT2D eigenvalue weighted by atomic mass is 10.1. The Balaban J connectivity index is 2.37. The minimum Gasteiger partial charge on any atom is -0.478 e. The molecule has 0 radical (unpaired) electrons. The third-order valence-electron chi connectivity index (χ3n) is 3.29. The molecule has 0 spiro atoms. The van der Waals surface area contributed by atoms with Gasteiger partial charge in [0.05, 0.1) is 18.1 Å². The van der Waals surface area contributed by atoms with Crippen molar-refractivity contribution in [2.75, 3.05) is 24.7 Å². The smallest absolute Gasteiger partial charge is 0.328 e. The van der Waals surface area contributed by atoms with Crippen LogP contribution in [0.25, 0.3) is 6.08 Å². The fourth-order valence-corrected chi connectivity index (χ4v) is 2.29. The van der Waals surface area contributed by atoms with Crippen molar-refractivity contribution in [1.82, 2.24) is 0 Å². The van der Waals surface area contributed by atoms with Crippen LogP contribution in [0.2, 0.25) is 0 Å². The molecule has 1 N–H and O–H groups in total. The van der Waals surface area contributed by atoms with Crippen LogP contribution in [0.15, 0.2) is 24.3 Å². The average Bonchev–Trinajstić information content (AvgIpc) is 2.45. The quantitative estimate of drug-likeness (QED) is 0.517. The number of ether oxygens (including phenoxy) is 1. The lowest BCUT2D eigenvalue weighted by molar-refractivity contribution is -0.384. The number of hydrogen-bond acceptors (Lipinski definition) is 5. The van der Waals surface area contributed by atoms with Gasteiger partial charge in [-0.2, -0.15) is 0 Å². The van der Waals surface area contributed by atoms with Crippen molar-refractivity contribution in [3.8, 4) is 0 Å². The van der Waals surface area contributed by atoms with Crippen LogP contribution in [0.1, 0.15) is 12.5 Å². The molecule has 1 aromatic rings. The minimum atomic E-state index is -1.09. The van der Waals surface area contributed by atoms with Gasteiger partial charge in [0, 0.05) is 24.7 Å². The van der Waals surface area contributed by atoms with Gasteiger partial charge in [0.1, 0.15) is 5.69 Å². The second-order valence-corrected chi connectivity index (χ2v) is 4.79. The van der Waals surface area contributed by atoms with Gasteiger partial charge in [0.25, 0.3) is 5.69 Å². The van der Waals surface area contributed by atoms with Gasteiger partial charge in [-0.05, 0) is 24.6 Å². The first-order valence-electron chi connectivity index (χ1n) is 6.53. The molecule has 0 saturated carbocycles. The maximum absolute atomic E-state index is 11.3. The van der Waals surface area contributed by atoms with Crippen LogP contribution in [0.4, 0.5) is 11.4 Å². The standard InChI is InChI=1S/C14H16N2O5/c1-10-9-21-7-6-15(10)12-4-2-11(3-5-14(17)18)8-13(12)16(19)20/h2-5,8,10H,6-7,9H2,1H3,(H,17,18)/b5-3+. The van der Waals surface area contributed by atoms with Crippen LogP contribution < -0.4 is 4.90 Å². The highest BCUT2D eigenvalue weighted by Crippen LogP contribution is 2.31. The summed E-state index contributed by atoms with van der Waals surface area (Å²) in [5.41, 5.74) is 0.980. The van der Waals surface area contributed by atoms with Gasteiger partial charge < -0.3 is 14.7 Å². The second kappa shape index (κ2) is 6.36. The van der Waals surface area contributed by atoms with Gasteiger partial charge in [0.15, 0.2) is 0 Å². The molecular weight excluding hydrogens is 276 g/mol. The van der Waals surface area contributed by atoms with Crippen LogP contribution in [0.3, 0.4) is 0 Å². The number of carboxylic acids is 1. The van der Waals surface area contributed by atoms with E-state index in [-0.39, 0.29) is 11.7 Å². The molecule has 1 aliphatic heterocycles. The highest BCUT2D eigenvalue weighted by molar-refractivity contribution is 5.85. The Bertz CT molecular complexity index is 585. The van der Waals surface area contributed by atoms with Crippen LogP contribution in [0, 0.1) is 10.1 Å².